The topological polar surface area (TPSA) is 61.4 Å². The lowest BCUT2D eigenvalue weighted by Gasteiger charge is -2.20. The predicted octanol–water partition coefficient (Wildman–Crippen LogP) is 1.96. The summed E-state index contributed by atoms with van der Waals surface area (Å²) in [5.41, 5.74) is 0.504. The van der Waals surface area contributed by atoms with Gasteiger partial charge in [0, 0.05) is 5.69 Å². The zero-order valence-corrected chi connectivity index (χ0v) is 9.90. The van der Waals surface area contributed by atoms with Crippen LogP contribution in [0.15, 0.2) is 24.3 Å². The van der Waals surface area contributed by atoms with Gasteiger partial charge in [0.05, 0.1) is 12.6 Å². The van der Waals surface area contributed by atoms with Crippen molar-refractivity contribution < 1.29 is 14.3 Å². The summed E-state index contributed by atoms with van der Waals surface area (Å²) in [6, 6.07) is 4.76. The zero-order valence-electron chi connectivity index (χ0n) is 9.90. The van der Waals surface area contributed by atoms with Gasteiger partial charge in [-0.15, -0.1) is 0 Å². The zero-order chi connectivity index (χ0) is 12.8. The van der Waals surface area contributed by atoms with Gasteiger partial charge in [-0.25, -0.2) is 9.18 Å². The van der Waals surface area contributed by atoms with Crippen LogP contribution in [-0.2, 0) is 0 Å². The Morgan fingerprint density at radius 2 is 1.94 bits per heavy atom. The molecule has 0 saturated carbocycles. The Kier molecular flexibility index (Phi) is 4.90. The summed E-state index contributed by atoms with van der Waals surface area (Å²) in [5.74, 6) is -0.217. The Labute approximate surface area is 99.8 Å². The van der Waals surface area contributed by atoms with Crippen LogP contribution in [0.2, 0.25) is 0 Å². The lowest BCUT2D eigenvalue weighted by molar-refractivity contribution is 0.204. The Balaban J connectivity index is 2.52. The van der Waals surface area contributed by atoms with Crippen LogP contribution in [0.25, 0.3) is 0 Å². The normalized spacial score (nSPS) is 12.3. The van der Waals surface area contributed by atoms with Crippen LogP contribution in [0.3, 0.4) is 0 Å². The van der Waals surface area contributed by atoms with E-state index in [1.54, 1.807) is 0 Å². The first-order valence-corrected chi connectivity index (χ1v) is 5.47. The first-order chi connectivity index (χ1) is 8.02. The van der Waals surface area contributed by atoms with E-state index in [9.17, 15) is 9.18 Å². The molecule has 94 valence electrons. The monoisotopic (exact) mass is 240 g/mol. The van der Waals surface area contributed by atoms with Gasteiger partial charge in [0.2, 0.25) is 0 Å². The lowest BCUT2D eigenvalue weighted by atomic mass is 10.1. The molecule has 1 rings (SSSR count). The maximum absolute atomic E-state index is 12.6. The summed E-state index contributed by atoms with van der Waals surface area (Å²) in [6.45, 7) is 3.69. The summed E-state index contributed by atoms with van der Waals surface area (Å²) in [6.07, 6.45) is 0. The van der Waals surface area contributed by atoms with E-state index in [-0.39, 0.29) is 24.4 Å². The van der Waals surface area contributed by atoms with Gasteiger partial charge in [0.15, 0.2) is 0 Å². The van der Waals surface area contributed by atoms with Crippen molar-refractivity contribution in [2.45, 2.75) is 19.9 Å². The van der Waals surface area contributed by atoms with Gasteiger partial charge in [0.1, 0.15) is 5.82 Å². The van der Waals surface area contributed by atoms with E-state index >= 15 is 0 Å². The molecule has 0 aromatic heterocycles. The fourth-order valence-corrected chi connectivity index (χ4v) is 1.29. The molecule has 2 amide bonds. The van der Waals surface area contributed by atoms with Gasteiger partial charge in [-0.2, -0.15) is 0 Å². The molecule has 3 N–H and O–H groups in total. The molecule has 0 heterocycles. The summed E-state index contributed by atoms with van der Waals surface area (Å²) in [7, 11) is 0. The molecule has 0 saturated heterocycles. The fourth-order valence-electron chi connectivity index (χ4n) is 1.29. The number of amides is 2. The predicted molar refractivity (Wildman–Crippen MR) is 64.3 cm³/mol. The quantitative estimate of drug-likeness (QED) is 0.753. The smallest absolute Gasteiger partial charge is 0.319 e. The summed E-state index contributed by atoms with van der Waals surface area (Å²) in [5, 5.41) is 14.3. The molecule has 1 atom stereocenters. The van der Waals surface area contributed by atoms with Crippen LogP contribution < -0.4 is 10.6 Å². The largest absolute Gasteiger partial charge is 0.394 e. The summed E-state index contributed by atoms with van der Waals surface area (Å²) in [4.78, 5) is 11.5. The second-order valence-corrected chi connectivity index (χ2v) is 4.14. The lowest BCUT2D eigenvalue weighted by Crippen LogP contribution is -2.43. The highest BCUT2D eigenvalue weighted by Gasteiger charge is 2.14. The van der Waals surface area contributed by atoms with Crippen molar-refractivity contribution in [3.05, 3.63) is 30.1 Å². The molecule has 1 aromatic rings. The maximum atomic E-state index is 12.6. The molecular weight excluding hydrogens is 223 g/mol. The van der Waals surface area contributed by atoms with Crippen molar-refractivity contribution in [2.24, 2.45) is 5.92 Å². The minimum absolute atomic E-state index is 0.117. The van der Waals surface area contributed by atoms with Gasteiger partial charge >= 0.3 is 6.03 Å². The van der Waals surface area contributed by atoms with Crippen molar-refractivity contribution in [3.63, 3.8) is 0 Å². The maximum Gasteiger partial charge on any atom is 0.319 e. The second-order valence-electron chi connectivity index (χ2n) is 4.14. The third-order valence-electron chi connectivity index (χ3n) is 2.42. The van der Waals surface area contributed by atoms with Crippen molar-refractivity contribution in [3.8, 4) is 0 Å². The molecule has 0 radical (unpaired) electrons. The first kappa shape index (κ1) is 13.4. The molecule has 0 aliphatic carbocycles. The van der Waals surface area contributed by atoms with Crippen LogP contribution in [0, 0.1) is 11.7 Å². The van der Waals surface area contributed by atoms with Crippen molar-refractivity contribution in [2.75, 3.05) is 11.9 Å². The van der Waals surface area contributed by atoms with E-state index in [1.165, 1.54) is 24.3 Å². The second kappa shape index (κ2) is 6.20. The van der Waals surface area contributed by atoms with Crippen molar-refractivity contribution in [1.29, 1.82) is 0 Å². The molecule has 1 aromatic carbocycles. The number of carbonyl (C=O) groups excluding carboxylic acids is 1. The molecule has 0 bridgehead atoms. The van der Waals surface area contributed by atoms with Crippen molar-refractivity contribution >= 4 is 11.7 Å². The molecule has 17 heavy (non-hydrogen) atoms. The SMILES string of the molecule is CC(C)C(CO)NC(=O)Nc1ccc(F)cc1. The Morgan fingerprint density at radius 3 is 2.41 bits per heavy atom. The molecule has 0 spiro atoms. The average Bonchev–Trinajstić information content (AvgIpc) is 2.28. The van der Waals surface area contributed by atoms with Crippen molar-refractivity contribution in [1.82, 2.24) is 5.32 Å². The first-order valence-electron chi connectivity index (χ1n) is 5.47. The third-order valence-corrected chi connectivity index (χ3v) is 2.42. The number of benzene rings is 1. The van der Waals surface area contributed by atoms with E-state index in [2.05, 4.69) is 10.6 Å². The highest BCUT2D eigenvalue weighted by atomic mass is 19.1. The number of urea groups is 1. The number of hydrogen-bond acceptors (Lipinski definition) is 2. The van der Waals surface area contributed by atoms with Gasteiger partial charge in [0.25, 0.3) is 0 Å². The Morgan fingerprint density at radius 1 is 1.35 bits per heavy atom. The van der Waals surface area contributed by atoms with Gasteiger partial charge in [-0.3, -0.25) is 0 Å². The standard InChI is InChI=1S/C12H17FN2O2/c1-8(2)11(7-16)15-12(17)14-10-5-3-9(13)4-6-10/h3-6,8,11,16H,7H2,1-2H3,(H2,14,15,17). The van der Waals surface area contributed by atoms with E-state index < -0.39 is 6.03 Å². The number of nitrogens with one attached hydrogen (secondary N) is 2. The molecule has 4 nitrogen and oxygen atoms in total. The summed E-state index contributed by atoms with van der Waals surface area (Å²) >= 11 is 0. The van der Waals surface area contributed by atoms with E-state index in [0.29, 0.717) is 5.69 Å². The molecule has 1 unspecified atom stereocenters. The summed E-state index contributed by atoms with van der Waals surface area (Å²) < 4.78 is 12.6. The highest BCUT2D eigenvalue weighted by Crippen LogP contribution is 2.08. The van der Waals surface area contributed by atoms with Crippen LogP contribution in [0.5, 0.6) is 0 Å². The molecule has 0 fully saturated rings. The number of rotatable bonds is 4. The third kappa shape index (κ3) is 4.40. The van der Waals surface area contributed by atoms with Gasteiger partial charge in [-0.1, -0.05) is 13.8 Å². The number of anilines is 1. The van der Waals surface area contributed by atoms with Crippen LogP contribution in [-0.4, -0.2) is 23.8 Å². The number of aliphatic hydroxyl groups is 1. The van der Waals surface area contributed by atoms with E-state index in [1.807, 2.05) is 13.8 Å². The highest BCUT2D eigenvalue weighted by molar-refractivity contribution is 5.89. The number of halogens is 1. The number of hydrogen-bond donors (Lipinski definition) is 3. The molecule has 0 aliphatic heterocycles. The van der Waals surface area contributed by atoms with Crippen LogP contribution in [0.1, 0.15) is 13.8 Å². The fraction of sp³-hybridized carbons (Fsp3) is 0.417. The average molecular weight is 240 g/mol. The van der Waals surface area contributed by atoms with Crippen LogP contribution >= 0.6 is 0 Å². The van der Waals surface area contributed by atoms with E-state index in [4.69, 9.17) is 5.11 Å². The molecular formula is C12H17FN2O2. The minimum atomic E-state index is -0.413. The van der Waals surface area contributed by atoms with E-state index in [0.717, 1.165) is 0 Å². The minimum Gasteiger partial charge on any atom is -0.394 e. The Hall–Kier alpha value is -1.62. The van der Waals surface area contributed by atoms with Gasteiger partial charge < -0.3 is 15.7 Å². The van der Waals surface area contributed by atoms with Gasteiger partial charge in [-0.05, 0) is 30.2 Å². The number of carbonyl (C=O) groups is 1. The molecule has 0 aliphatic rings. The molecule has 5 heteroatoms. The Bertz CT molecular complexity index is 365. The number of aliphatic hydroxyl groups excluding tert-OH is 1. The van der Waals surface area contributed by atoms with Crippen LogP contribution in [0.4, 0.5) is 14.9 Å².